The summed E-state index contributed by atoms with van der Waals surface area (Å²) < 4.78 is 0. The topological polar surface area (TPSA) is 52.6 Å². The third-order valence-corrected chi connectivity index (χ3v) is 1.85. The molecule has 1 aliphatic heterocycles. The van der Waals surface area contributed by atoms with Gasteiger partial charge in [-0.05, 0) is 6.42 Å². The summed E-state index contributed by atoms with van der Waals surface area (Å²) in [7, 11) is 3.43. The largest absolute Gasteiger partial charge is 0.392 e. The number of nitrogens with one attached hydrogen (secondary N) is 1. The van der Waals surface area contributed by atoms with Crippen LogP contribution in [0.3, 0.4) is 0 Å². The van der Waals surface area contributed by atoms with Crippen LogP contribution in [0.15, 0.2) is 0 Å². The van der Waals surface area contributed by atoms with Crippen molar-refractivity contribution in [2.45, 2.75) is 18.6 Å². The molecule has 72 valence electrons. The predicted molar refractivity (Wildman–Crippen MR) is 48.4 cm³/mol. The maximum absolute atomic E-state index is 11.2. The van der Waals surface area contributed by atoms with E-state index in [4.69, 9.17) is 5.11 Å². The Kier molecular flexibility index (Phi) is 4.52. The first-order chi connectivity index (χ1) is 5.11. The summed E-state index contributed by atoms with van der Waals surface area (Å²) in [5, 5.41) is 12.0. The highest BCUT2D eigenvalue weighted by Gasteiger charge is 2.28. The second-order valence-corrected chi connectivity index (χ2v) is 3.08. The number of rotatable bonds is 1. The summed E-state index contributed by atoms with van der Waals surface area (Å²) in [6.07, 6.45) is 0.181. The molecule has 0 aromatic heterocycles. The Hall–Kier alpha value is -0.320. The van der Waals surface area contributed by atoms with Crippen LogP contribution in [0.5, 0.6) is 0 Å². The van der Waals surface area contributed by atoms with E-state index < -0.39 is 0 Å². The van der Waals surface area contributed by atoms with Crippen LogP contribution in [0.4, 0.5) is 0 Å². The molecule has 0 saturated carbocycles. The molecule has 5 heteroatoms. The lowest BCUT2D eigenvalue weighted by molar-refractivity contribution is -0.130. The van der Waals surface area contributed by atoms with E-state index in [1.807, 2.05) is 0 Å². The third kappa shape index (κ3) is 2.62. The minimum Gasteiger partial charge on any atom is -0.392 e. The van der Waals surface area contributed by atoms with Crippen LogP contribution < -0.4 is 5.32 Å². The quantitative estimate of drug-likeness (QED) is 0.576. The molecule has 0 aliphatic carbocycles. The standard InChI is InChI=1S/C7H14N2O2.ClH/c1-9(2)7(11)6-3-5(10)4-8-6;/h5-6,8,10H,3-4H2,1-2H3;1H/t5-,6-;/m1./s1. The molecule has 0 bridgehead atoms. The number of hydrogen-bond acceptors (Lipinski definition) is 3. The fourth-order valence-corrected chi connectivity index (χ4v) is 1.22. The van der Waals surface area contributed by atoms with Gasteiger partial charge < -0.3 is 15.3 Å². The summed E-state index contributed by atoms with van der Waals surface area (Å²) in [6, 6.07) is -0.181. The maximum Gasteiger partial charge on any atom is 0.239 e. The Labute approximate surface area is 78.3 Å². The average Bonchev–Trinajstić information content (AvgIpc) is 2.34. The third-order valence-electron chi connectivity index (χ3n) is 1.85. The van der Waals surface area contributed by atoms with Gasteiger partial charge in [-0.3, -0.25) is 4.79 Å². The van der Waals surface area contributed by atoms with Crippen LogP contribution in [0, 0.1) is 0 Å². The second kappa shape index (κ2) is 4.64. The lowest BCUT2D eigenvalue weighted by atomic mass is 10.2. The number of aliphatic hydroxyl groups is 1. The Morgan fingerprint density at radius 3 is 2.50 bits per heavy atom. The Balaban J connectivity index is 0.00000121. The number of β-amino-alcohol motifs (C(OH)–C–C–N with tert-alkyl or cyclic N) is 1. The Morgan fingerprint density at radius 2 is 2.17 bits per heavy atom. The molecule has 1 rings (SSSR count). The molecule has 1 heterocycles. The van der Waals surface area contributed by atoms with Crippen LogP contribution in [-0.2, 0) is 4.79 Å². The molecule has 0 aromatic rings. The number of likely N-dealkylation sites (N-methyl/N-ethyl adjacent to an activating group) is 1. The van der Waals surface area contributed by atoms with Crippen LogP contribution in [0.2, 0.25) is 0 Å². The van der Waals surface area contributed by atoms with Gasteiger partial charge in [0.2, 0.25) is 5.91 Å². The molecule has 1 saturated heterocycles. The van der Waals surface area contributed by atoms with E-state index in [-0.39, 0.29) is 30.5 Å². The van der Waals surface area contributed by atoms with E-state index in [1.165, 1.54) is 4.90 Å². The molecule has 2 atom stereocenters. The number of amides is 1. The molecule has 0 spiro atoms. The fourth-order valence-electron chi connectivity index (χ4n) is 1.22. The summed E-state index contributed by atoms with van der Waals surface area (Å²) in [5.41, 5.74) is 0. The van der Waals surface area contributed by atoms with Crippen molar-refractivity contribution in [2.24, 2.45) is 0 Å². The van der Waals surface area contributed by atoms with Crippen LogP contribution in [0.25, 0.3) is 0 Å². The molecule has 0 aromatic carbocycles. The first-order valence-electron chi connectivity index (χ1n) is 3.74. The Morgan fingerprint density at radius 1 is 1.58 bits per heavy atom. The first-order valence-corrected chi connectivity index (χ1v) is 3.74. The molecular weight excluding hydrogens is 180 g/mol. The van der Waals surface area contributed by atoms with E-state index in [0.29, 0.717) is 13.0 Å². The Bertz CT molecular complexity index is 163. The van der Waals surface area contributed by atoms with Gasteiger partial charge in [0, 0.05) is 20.6 Å². The number of carbonyl (C=O) groups is 1. The van der Waals surface area contributed by atoms with Gasteiger partial charge in [0.15, 0.2) is 0 Å². The van der Waals surface area contributed by atoms with Crippen molar-refractivity contribution in [2.75, 3.05) is 20.6 Å². The zero-order valence-corrected chi connectivity index (χ0v) is 8.10. The average molecular weight is 195 g/mol. The number of halogens is 1. The van der Waals surface area contributed by atoms with E-state index in [2.05, 4.69) is 5.32 Å². The van der Waals surface area contributed by atoms with E-state index in [9.17, 15) is 4.79 Å². The molecule has 0 radical (unpaired) electrons. The highest BCUT2D eigenvalue weighted by molar-refractivity contribution is 5.85. The van der Waals surface area contributed by atoms with E-state index in [1.54, 1.807) is 14.1 Å². The molecule has 4 nitrogen and oxygen atoms in total. The van der Waals surface area contributed by atoms with Crippen molar-refractivity contribution in [3.63, 3.8) is 0 Å². The fraction of sp³-hybridized carbons (Fsp3) is 0.857. The molecule has 1 amide bonds. The molecule has 0 unspecified atom stereocenters. The normalized spacial score (nSPS) is 27.9. The van der Waals surface area contributed by atoms with Crippen molar-refractivity contribution < 1.29 is 9.90 Å². The zero-order valence-electron chi connectivity index (χ0n) is 7.28. The van der Waals surface area contributed by atoms with Gasteiger partial charge >= 0.3 is 0 Å². The van der Waals surface area contributed by atoms with Gasteiger partial charge in [0.05, 0.1) is 12.1 Å². The van der Waals surface area contributed by atoms with Crippen molar-refractivity contribution in [1.82, 2.24) is 10.2 Å². The summed E-state index contributed by atoms with van der Waals surface area (Å²) in [5.74, 6) is 0.0431. The molecule has 1 fully saturated rings. The summed E-state index contributed by atoms with van der Waals surface area (Å²) >= 11 is 0. The van der Waals surface area contributed by atoms with Crippen LogP contribution in [-0.4, -0.2) is 48.7 Å². The van der Waals surface area contributed by atoms with E-state index in [0.717, 1.165) is 0 Å². The van der Waals surface area contributed by atoms with Crippen molar-refractivity contribution in [1.29, 1.82) is 0 Å². The minimum absolute atomic E-state index is 0. The first kappa shape index (κ1) is 11.7. The van der Waals surface area contributed by atoms with Crippen molar-refractivity contribution >= 4 is 18.3 Å². The van der Waals surface area contributed by atoms with Gasteiger partial charge in [-0.25, -0.2) is 0 Å². The van der Waals surface area contributed by atoms with Crippen molar-refractivity contribution in [3.05, 3.63) is 0 Å². The van der Waals surface area contributed by atoms with Gasteiger partial charge in [0.25, 0.3) is 0 Å². The number of nitrogens with zero attached hydrogens (tertiary/aromatic N) is 1. The van der Waals surface area contributed by atoms with E-state index >= 15 is 0 Å². The molecule has 12 heavy (non-hydrogen) atoms. The number of hydrogen-bond donors (Lipinski definition) is 2. The number of aliphatic hydroxyl groups excluding tert-OH is 1. The zero-order chi connectivity index (χ0) is 8.43. The minimum atomic E-state index is -0.358. The van der Waals surface area contributed by atoms with Crippen molar-refractivity contribution in [3.8, 4) is 0 Å². The highest BCUT2D eigenvalue weighted by atomic mass is 35.5. The van der Waals surface area contributed by atoms with Gasteiger partial charge in [-0.1, -0.05) is 0 Å². The maximum atomic E-state index is 11.2. The number of carbonyl (C=O) groups excluding carboxylic acids is 1. The second-order valence-electron chi connectivity index (χ2n) is 3.08. The summed E-state index contributed by atoms with van der Waals surface area (Å²) in [6.45, 7) is 0.532. The predicted octanol–water partition coefficient (Wildman–Crippen LogP) is -0.781. The molecular formula is C7H15ClN2O2. The summed E-state index contributed by atoms with van der Waals surface area (Å²) in [4.78, 5) is 12.8. The molecule has 1 aliphatic rings. The lowest BCUT2D eigenvalue weighted by Crippen LogP contribution is -2.39. The van der Waals surface area contributed by atoms with Gasteiger partial charge in [-0.15, -0.1) is 12.4 Å². The smallest absolute Gasteiger partial charge is 0.239 e. The molecule has 2 N–H and O–H groups in total. The van der Waals surface area contributed by atoms with Gasteiger partial charge in [0.1, 0.15) is 0 Å². The SMILES string of the molecule is CN(C)C(=O)[C@H]1C[C@@H](O)CN1.Cl. The van der Waals surface area contributed by atoms with Gasteiger partial charge in [-0.2, -0.15) is 0 Å². The highest BCUT2D eigenvalue weighted by Crippen LogP contribution is 2.07. The lowest BCUT2D eigenvalue weighted by Gasteiger charge is -2.15. The monoisotopic (exact) mass is 194 g/mol. The van der Waals surface area contributed by atoms with Crippen LogP contribution in [0.1, 0.15) is 6.42 Å². The van der Waals surface area contributed by atoms with Crippen LogP contribution >= 0.6 is 12.4 Å².